The van der Waals surface area contributed by atoms with E-state index >= 15 is 0 Å². The minimum Gasteiger partial charge on any atom is -0.325 e. The van der Waals surface area contributed by atoms with E-state index < -0.39 is 0 Å². The van der Waals surface area contributed by atoms with Crippen LogP contribution in [-0.2, 0) is 16.0 Å². The first-order valence-electron chi connectivity index (χ1n) is 11.1. The maximum absolute atomic E-state index is 12.8. The molecule has 5 heteroatoms. The molecule has 2 heterocycles. The van der Waals surface area contributed by atoms with E-state index in [1.165, 1.54) is 5.56 Å². The molecule has 1 atom stereocenters. The third kappa shape index (κ3) is 4.90. The van der Waals surface area contributed by atoms with Crippen molar-refractivity contribution in [3.63, 3.8) is 0 Å². The standard InChI is InChI=1S/C25H31N3O2/c1-19(27-15-12-21(13-16-27)17-20-7-3-2-4-8-20)25(30)26-22-9-5-10-23(18-22)28-14-6-11-24(28)29/h2-5,7-10,18-19,21H,6,11-17H2,1H3,(H,26,30). The van der Waals surface area contributed by atoms with Crippen LogP contribution in [0.4, 0.5) is 11.4 Å². The van der Waals surface area contributed by atoms with Crippen LogP contribution in [0.25, 0.3) is 0 Å². The normalized spacial score (nSPS) is 19.1. The lowest BCUT2D eigenvalue weighted by Crippen LogP contribution is -2.46. The highest BCUT2D eigenvalue weighted by atomic mass is 16.2. The summed E-state index contributed by atoms with van der Waals surface area (Å²) in [6.45, 7) is 4.65. The molecular weight excluding hydrogens is 374 g/mol. The predicted octanol–water partition coefficient (Wildman–Crippen LogP) is 4.10. The summed E-state index contributed by atoms with van der Waals surface area (Å²) in [7, 11) is 0. The van der Waals surface area contributed by atoms with Gasteiger partial charge in [-0.15, -0.1) is 0 Å². The van der Waals surface area contributed by atoms with Crippen LogP contribution in [0.2, 0.25) is 0 Å². The molecule has 2 amide bonds. The average Bonchev–Trinajstić information content (AvgIpc) is 3.20. The highest BCUT2D eigenvalue weighted by Gasteiger charge is 2.27. The van der Waals surface area contributed by atoms with E-state index in [-0.39, 0.29) is 17.9 Å². The van der Waals surface area contributed by atoms with E-state index in [9.17, 15) is 9.59 Å². The fourth-order valence-electron chi connectivity index (χ4n) is 4.58. The van der Waals surface area contributed by atoms with Crippen LogP contribution in [0.3, 0.4) is 0 Å². The van der Waals surface area contributed by atoms with Gasteiger partial charge in [0.05, 0.1) is 6.04 Å². The van der Waals surface area contributed by atoms with Gasteiger partial charge >= 0.3 is 0 Å². The molecule has 1 unspecified atom stereocenters. The Morgan fingerprint density at radius 3 is 2.53 bits per heavy atom. The molecule has 0 bridgehead atoms. The summed E-state index contributed by atoms with van der Waals surface area (Å²) in [5.74, 6) is 0.861. The molecule has 158 valence electrons. The Hall–Kier alpha value is -2.66. The lowest BCUT2D eigenvalue weighted by atomic mass is 9.89. The summed E-state index contributed by atoms with van der Waals surface area (Å²) < 4.78 is 0. The summed E-state index contributed by atoms with van der Waals surface area (Å²) in [6, 6.07) is 18.1. The lowest BCUT2D eigenvalue weighted by molar-refractivity contribution is -0.121. The second-order valence-corrected chi connectivity index (χ2v) is 8.53. The molecule has 5 nitrogen and oxygen atoms in total. The van der Waals surface area contributed by atoms with Gasteiger partial charge in [0, 0.05) is 24.3 Å². The van der Waals surface area contributed by atoms with Gasteiger partial charge in [-0.25, -0.2) is 0 Å². The Morgan fingerprint density at radius 2 is 1.83 bits per heavy atom. The minimum absolute atomic E-state index is 0.0152. The van der Waals surface area contributed by atoms with Gasteiger partial charge in [0.2, 0.25) is 11.8 Å². The molecule has 2 saturated heterocycles. The molecule has 4 rings (SSSR count). The van der Waals surface area contributed by atoms with Crippen LogP contribution in [0.5, 0.6) is 0 Å². The number of hydrogen-bond acceptors (Lipinski definition) is 3. The van der Waals surface area contributed by atoms with Crippen molar-refractivity contribution >= 4 is 23.2 Å². The van der Waals surface area contributed by atoms with Crippen LogP contribution in [0, 0.1) is 5.92 Å². The van der Waals surface area contributed by atoms with Crippen molar-refractivity contribution in [1.29, 1.82) is 0 Å². The van der Waals surface area contributed by atoms with Gasteiger partial charge < -0.3 is 10.2 Å². The third-order valence-corrected chi connectivity index (χ3v) is 6.44. The van der Waals surface area contributed by atoms with Gasteiger partial charge in [-0.05, 0) is 75.4 Å². The molecule has 0 spiro atoms. The molecule has 0 aromatic heterocycles. The Labute approximate surface area is 179 Å². The lowest BCUT2D eigenvalue weighted by Gasteiger charge is -2.35. The van der Waals surface area contributed by atoms with Crippen molar-refractivity contribution in [2.75, 3.05) is 29.9 Å². The number of anilines is 2. The van der Waals surface area contributed by atoms with Crippen molar-refractivity contribution < 1.29 is 9.59 Å². The number of nitrogens with zero attached hydrogens (tertiary/aromatic N) is 2. The number of amides is 2. The summed E-state index contributed by atoms with van der Waals surface area (Å²) in [5, 5.41) is 3.05. The maximum Gasteiger partial charge on any atom is 0.241 e. The van der Waals surface area contributed by atoms with Gasteiger partial charge in [-0.3, -0.25) is 14.5 Å². The SMILES string of the molecule is CC(C(=O)Nc1cccc(N2CCCC2=O)c1)N1CCC(Cc2ccccc2)CC1. The zero-order valence-electron chi connectivity index (χ0n) is 17.7. The Bertz CT molecular complexity index is 875. The topological polar surface area (TPSA) is 52.7 Å². The fraction of sp³-hybridized carbons (Fsp3) is 0.440. The quantitative estimate of drug-likeness (QED) is 0.787. The second kappa shape index (κ2) is 9.43. The molecular formula is C25H31N3O2. The summed E-state index contributed by atoms with van der Waals surface area (Å²) in [5.41, 5.74) is 3.02. The number of likely N-dealkylation sites (tertiary alicyclic amines) is 1. The van der Waals surface area contributed by atoms with E-state index in [1.807, 2.05) is 31.2 Å². The van der Waals surface area contributed by atoms with E-state index in [0.29, 0.717) is 12.3 Å². The van der Waals surface area contributed by atoms with Crippen LogP contribution in [-0.4, -0.2) is 42.4 Å². The molecule has 2 aromatic rings. The van der Waals surface area contributed by atoms with Gasteiger partial charge in [0.1, 0.15) is 0 Å². The highest BCUT2D eigenvalue weighted by Crippen LogP contribution is 2.26. The van der Waals surface area contributed by atoms with Crippen LogP contribution >= 0.6 is 0 Å². The van der Waals surface area contributed by atoms with Crippen LogP contribution in [0.1, 0.15) is 38.2 Å². The number of carbonyl (C=O) groups excluding carboxylic acids is 2. The zero-order valence-corrected chi connectivity index (χ0v) is 17.7. The number of piperidine rings is 1. The third-order valence-electron chi connectivity index (χ3n) is 6.44. The number of carbonyl (C=O) groups is 2. The minimum atomic E-state index is -0.167. The first-order chi connectivity index (χ1) is 14.6. The Balaban J connectivity index is 1.30. The molecule has 2 fully saturated rings. The molecule has 0 aliphatic carbocycles. The monoisotopic (exact) mass is 405 g/mol. The summed E-state index contributed by atoms with van der Waals surface area (Å²) in [6.07, 6.45) is 4.87. The van der Waals surface area contributed by atoms with E-state index in [0.717, 1.165) is 56.7 Å². The Morgan fingerprint density at radius 1 is 1.07 bits per heavy atom. The maximum atomic E-state index is 12.8. The first-order valence-corrected chi connectivity index (χ1v) is 11.1. The highest BCUT2D eigenvalue weighted by molar-refractivity contribution is 5.98. The number of hydrogen-bond donors (Lipinski definition) is 1. The molecule has 30 heavy (non-hydrogen) atoms. The van der Waals surface area contributed by atoms with E-state index in [4.69, 9.17) is 0 Å². The molecule has 1 N–H and O–H groups in total. The fourth-order valence-corrected chi connectivity index (χ4v) is 4.58. The van der Waals surface area contributed by atoms with Crippen molar-refractivity contribution in [1.82, 2.24) is 4.90 Å². The average molecular weight is 406 g/mol. The number of benzene rings is 2. The largest absolute Gasteiger partial charge is 0.325 e. The molecule has 0 saturated carbocycles. The van der Waals surface area contributed by atoms with Gasteiger partial charge in [0.15, 0.2) is 0 Å². The van der Waals surface area contributed by atoms with Crippen molar-refractivity contribution in [3.05, 3.63) is 60.2 Å². The smallest absolute Gasteiger partial charge is 0.241 e. The predicted molar refractivity (Wildman–Crippen MR) is 121 cm³/mol. The van der Waals surface area contributed by atoms with Gasteiger partial charge in [-0.1, -0.05) is 36.4 Å². The molecule has 2 aromatic carbocycles. The Kier molecular flexibility index (Phi) is 6.48. The van der Waals surface area contributed by atoms with Crippen molar-refractivity contribution in [3.8, 4) is 0 Å². The molecule has 2 aliphatic heterocycles. The van der Waals surface area contributed by atoms with Gasteiger partial charge in [0.25, 0.3) is 0 Å². The van der Waals surface area contributed by atoms with E-state index in [2.05, 4.69) is 40.5 Å². The molecule has 2 aliphatic rings. The van der Waals surface area contributed by atoms with Crippen LogP contribution < -0.4 is 10.2 Å². The first kappa shape index (κ1) is 20.6. The second-order valence-electron chi connectivity index (χ2n) is 8.53. The summed E-state index contributed by atoms with van der Waals surface area (Å²) >= 11 is 0. The van der Waals surface area contributed by atoms with Crippen molar-refractivity contribution in [2.24, 2.45) is 5.92 Å². The van der Waals surface area contributed by atoms with E-state index in [1.54, 1.807) is 4.90 Å². The van der Waals surface area contributed by atoms with Crippen molar-refractivity contribution in [2.45, 2.75) is 45.1 Å². The summed E-state index contributed by atoms with van der Waals surface area (Å²) in [4.78, 5) is 28.9. The van der Waals surface area contributed by atoms with Crippen LogP contribution in [0.15, 0.2) is 54.6 Å². The number of rotatable bonds is 6. The molecule has 0 radical (unpaired) electrons. The van der Waals surface area contributed by atoms with Gasteiger partial charge in [-0.2, -0.15) is 0 Å². The number of nitrogens with one attached hydrogen (secondary N) is 1. The zero-order chi connectivity index (χ0) is 20.9.